The highest BCUT2D eigenvalue weighted by Crippen LogP contribution is 2.38. The molecular formula is C21H28N4O. The van der Waals surface area contributed by atoms with Crippen LogP contribution >= 0.6 is 0 Å². The van der Waals surface area contributed by atoms with E-state index < -0.39 is 0 Å². The Morgan fingerprint density at radius 3 is 2.50 bits per heavy atom. The van der Waals surface area contributed by atoms with Crippen molar-refractivity contribution in [1.29, 1.82) is 0 Å². The van der Waals surface area contributed by atoms with Gasteiger partial charge >= 0.3 is 0 Å². The lowest BCUT2D eigenvalue weighted by atomic mass is 9.75. The fourth-order valence-corrected chi connectivity index (χ4v) is 4.35. The van der Waals surface area contributed by atoms with E-state index in [1.165, 1.54) is 12.8 Å². The molecule has 138 valence electrons. The second-order valence-corrected chi connectivity index (χ2v) is 7.81. The predicted octanol–water partition coefficient (Wildman–Crippen LogP) is 2.59. The summed E-state index contributed by atoms with van der Waals surface area (Å²) in [5.41, 5.74) is 2.50. The van der Waals surface area contributed by atoms with Gasteiger partial charge in [0.15, 0.2) is 0 Å². The van der Waals surface area contributed by atoms with E-state index in [4.69, 9.17) is 4.74 Å². The van der Waals surface area contributed by atoms with Crippen molar-refractivity contribution in [3.05, 3.63) is 60.2 Å². The fourth-order valence-electron chi connectivity index (χ4n) is 4.35. The molecule has 5 heteroatoms. The van der Waals surface area contributed by atoms with Gasteiger partial charge in [-0.05, 0) is 56.6 Å². The minimum Gasteiger partial charge on any atom is -0.375 e. The molecule has 0 aliphatic carbocycles. The van der Waals surface area contributed by atoms with Gasteiger partial charge in [-0.25, -0.2) is 0 Å². The Labute approximate surface area is 156 Å². The quantitative estimate of drug-likeness (QED) is 0.799. The monoisotopic (exact) mass is 352 g/mol. The maximum absolute atomic E-state index is 5.97. The van der Waals surface area contributed by atoms with Crippen molar-refractivity contribution in [2.45, 2.75) is 31.5 Å². The highest BCUT2D eigenvalue weighted by atomic mass is 16.5. The van der Waals surface area contributed by atoms with Crippen LogP contribution in [-0.4, -0.2) is 58.6 Å². The van der Waals surface area contributed by atoms with Crippen molar-refractivity contribution in [1.82, 2.24) is 19.8 Å². The maximum atomic E-state index is 5.97. The molecule has 2 saturated heterocycles. The van der Waals surface area contributed by atoms with Crippen LogP contribution < -0.4 is 0 Å². The van der Waals surface area contributed by atoms with Crippen LogP contribution in [0.3, 0.4) is 0 Å². The van der Waals surface area contributed by atoms with Crippen LogP contribution in [0.15, 0.2) is 48.8 Å². The highest BCUT2D eigenvalue weighted by molar-refractivity contribution is 5.10. The van der Waals surface area contributed by atoms with Gasteiger partial charge in [-0.3, -0.25) is 19.8 Å². The second kappa shape index (κ2) is 7.82. The fraction of sp³-hybridized carbons (Fsp3) is 0.524. The van der Waals surface area contributed by atoms with Crippen molar-refractivity contribution in [2.75, 3.05) is 33.3 Å². The minimum atomic E-state index is 0.325. The number of piperidine rings is 1. The van der Waals surface area contributed by atoms with Gasteiger partial charge in [-0.1, -0.05) is 12.1 Å². The van der Waals surface area contributed by atoms with E-state index in [2.05, 4.69) is 38.9 Å². The van der Waals surface area contributed by atoms with Crippen LogP contribution in [0.5, 0.6) is 0 Å². The number of nitrogens with zero attached hydrogens (tertiary/aromatic N) is 4. The van der Waals surface area contributed by atoms with Gasteiger partial charge in [0.1, 0.15) is 0 Å². The highest BCUT2D eigenvalue weighted by Gasteiger charge is 2.49. The Kier molecular flexibility index (Phi) is 5.29. The van der Waals surface area contributed by atoms with Crippen molar-refractivity contribution in [2.24, 2.45) is 5.92 Å². The van der Waals surface area contributed by atoms with Gasteiger partial charge in [-0.2, -0.15) is 0 Å². The van der Waals surface area contributed by atoms with Gasteiger partial charge in [0.05, 0.1) is 24.6 Å². The van der Waals surface area contributed by atoms with Crippen LogP contribution in [0, 0.1) is 5.92 Å². The third-order valence-corrected chi connectivity index (χ3v) is 5.83. The van der Waals surface area contributed by atoms with Gasteiger partial charge in [0, 0.05) is 37.6 Å². The summed E-state index contributed by atoms with van der Waals surface area (Å²) in [5, 5.41) is 0. The Balaban J connectivity index is 1.26. The lowest BCUT2D eigenvalue weighted by molar-refractivity contribution is -0.0940. The van der Waals surface area contributed by atoms with Crippen LogP contribution in [0.2, 0.25) is 0 Å². The first-order valence-corrected chi connectivity index (χ1v) is 9.55. The first kappa shape index (κ1) is 17.6. The maximum Gasteiger partial charge on any atom is 0.0887 e. The molecule has 2 aliphatic heterocycles. The summed E-state index contributed by atoms with van der Waals surface area (Å²) in [6.45, 7) is 5.85. The average Bonchev–Trinajstić information content (AvgIpc) is 2.65. The molecule has 0 bridgehead atoms. The number of hydrogen-bond donors (Lipinski definition) is 0. The van der Waals surface area contributed by atoms with E-state index in [0.717, 1.165) is 44.2 Å². The summed E-state index contributed by atoms with van der Waals surface area (Å²) in [6, 6.07) is 12.1. The zero-order valence-electron chi connectivity index (χ0n) is 15.6. The number of aromatic nitrogens is 2. The zero-order valence-corrected chi connectivity index (χ0v) is 15.6. The topological polar surface area (TPSA) is 41.5 Å². The van der Waals surface area contributed by atoms with Crippen molar-refractivity contribution < 1.29 is 4.74 Å². The third kappa shape index (κ3) is 3.95. The normalized spacial score (nSPS) is 23.0. The summed E-state index contributed by atoms with van der Waals surface area (Å²) >= 11 is 0. The molecule has 5 nitrogen and oxygen atoms in total. The van der Waals surface area contributed by atoms with Crippen LogP contribution in [0.4, 0.5) is 0 Å². The molecule has 0 unspecified atom stereocenters. The second-order valence-electron chi connectivity index (χ2n) is 7.81. The molecule has 4 rings (SSSR count). The number of ether oxygens (including phenoxy) is 1. The summed E-state index contributed by atoms with van der Waals surface area (Å²) in [5.74, 6) is 0.645. The molecule has 0 aromatic carbocycles. The lowest BCUT2D eigenvalue weighted by Crippen LogP contribution is -2.71. The molecule has 0 N–H and O–H groups in total. The molecule has 26 heavy (non-hydrogen) atoms. The first-order valence-electron chi connectivity index (χ1n) is 9.55. The Bertz CT molecular complexity index is 688. The van der Waals surface area contributed by atoms with Crippen molar-refractivity contribution in [3.8, 4) is 0 Å². The lowest BCUT2D eigenvalue weighted by Gasteiger charge is -2.58. The van der Waals surface area contributed by atoms with E-state index in [0.29, 0.717) is 18.1 Å². The number of likely N-dealkylation sites (tertiary alicyclic amines) is 2. The molecule has 2 aromatic rings. The van der Waals surface area contributed by atoms with Crippen molar-refractivity contribution in [3.63, 3.8) is 0 Å². The van der Waals surface area contributed by atoms with Gasteiger partial charge in [-0.15, -0.1) is 0 Å². The summed E-state index contributed by atoms with van der Waals surface area (Å²) < 4.78 is 5.97. The molecule has 2 aromatic heterocycles. The largest absolute Gasteiger partial charge is 0.375 e. The number of likely N-dealkylation sites (N-methyl/N-ethyl adjacent to an activating group) is 1. The number of rotatable bonds is 6. The molecule has 4 heterocycles. The number of pyridine rings is 2. The van der Waals surface area contributed by atoms with Gasteiger partial charge < -0.3 is 4.74 Å². The summed E-state index contributed by atoms with van der Waals surface area (Å²) in [7, 11) is 2.28. The smallest absolute Gasteiger partial charge is 0.0887 e. The SMILES string of the molecule is CN1CC[C@@H](COCc2ccccn2)CC12CN(Cc1ccccn1)C2. The molecule has 1 atom stereocenters. The van der Waals surface area contributed by atoms with E-state index in [-0.39, 0.29) is 0 Å². The number of hydrogen-bond acceptors (Lipinski definition) is 5. The molecule has 2 aliphatic rings. The van der Waals surface area contributed by atoms with Crippen molar-refractivity contribution >= 4 is 0 Å². The molecule has 1 spiro atoms. The van der Waals surface area contributed by atoms with Crippen LogP contribution in [0.1, 0.15) is 24.2 Å². The molecular weight excluding hydrogens is 324 g/mol. The minimum absolute atomic E-state index is 0.325. The van der Waals surface area contributed by atoms with E-state index in [1.54, 1.807) is 0 Å². The Hall–Kier alpha value is -1.82. The Morgan fingerprint density at radius 1 is 1.08 bits per heavy atom. The van der Waals surface area contributed by atoms with E-state index >= 15 is 0 Å². The molecule has 0 amide bonds. The standard InChI is InChI=1S/C21H28N4O/c1-24-11-8-18(14-26-15-20-7-3-5-10-23-20)12-21(24)16-25(17-21)13-19-6-2-4-9-22-19/h2-7,9-10,18H,8,11-17H2,1H3/t18-/m1/s1. The van der Waals surface area contributed by atoms with Crippen LogP contribution in [0.25, 0.3) is 0 Å². The summed E-state index contributed by atoms with van der Waals surface area (Å²) in [4.78, 5) is 13.9. The zero-order chi connectivity index (χ0) is 17.8. The van der Waals surface area contributed by atoms with Gasteiger partial charge in [0.2, 0.25) is 0 Å². The van der Waals surface area contributed by atoms with Crippen LogP contribution in [-0.2, 0) is 17.9 Å². The summed E-state index contributed by atoms with van der Waals surface area (Å²) in [6.07, 6.45) is 6.16. The predicted molar refractivity (Wildman–Crippen MR) is 101 cm³/mol. The molecule has 0 saturated carbocycles. The third-order valence-electron chi connectivity index (χ3n) is 5.83. The Morgan fingerprint density at radius 2 is 1.81 bits per heavy atom. The molecule has 2 fully saturated rings. The van der Waals surface area contributed by atoms with E-state index in [9.17, 15) is 0 Å². The molecule has 0 radical (unpaired) electrons. The average molecular weight is 352 g/mol. The first-order chi connectivity index (χ1) is 12.7. The van der Waals surface area contributed by atoms with E-state index in [1.807, 2.05) is 36.7 Å². The van der Waals surface area contributed by atoms with Gasteiger partial charge in [0.25, 0.3) is 0 Å².